The quantitative estimate of drug-likeness (QED) is 0.476. The van der Waals surface area contributed by atoms with Crippen molar-refractivity contribution in [1.82, 2.24) is 9.78 Å². The Balaban J connectivity index is 2.04. The molecule has 0 aliphatic carbocycles. The summed E-state index contributed by atoms with van der Waals surface area (Å²) in [6.07, 6.45) is 2.78. The highest BCUT2D eigenvalue weighted by Crippen LogP contribution is 2.32. The fourth-order valence-electron chi connectivity index (χ4n) is 3.81. The van der Waals surface area contributed by atoms with Crippen LogP contribution in [0.5, 0.6) is 0 Å². The molecule has 3 rings (SSSR count). The largest absolute Gasteiger partial charge is 0.478 e. The van der Waals surface area contributed by atoms with Gasteiger partial charge in [-0.3, -0.25) is 0 Å². The van der Waals surface area contributed by atoms with Crippen molar-refractivity contribution < 1.29 is 19.4 Å². The highest BCUT2D eigenvalue weighted by atomic mass is 19.1. The number of benzene rings is 2. The molecule has 5 nitrogen and oxygen atoms in total. The van der Waals surface area contributed by atoms with E-state index in [2.05, 4.69) is 5.10 Å². The lowest BCUT2D eigenvalue weighted by Gasteiger charge is -2.18. The van der Waals surface area contributed by atoms with Gasteiger partial charge >= 0.3 is 5.97 Å². The third-order valence-electron chi connectivity index (χ3n) is 5.33. The first kappa shape index (κ1) is 22.7. The number of aromatic nitrogens is 2. The molecule has 164 valence electrons. The second-order valence-corrected chi connectivity index (χ2v) is 8.72. The second kappa shape index (κ2) is 9.43. The molecule has 0 bridgehead atoms. The summed E-state index contributed by atoms with van der Waals surface area (Å²) in [5.41, 5.74) is 1.06. The van der Waals surface area contributed by atoms with Gasteiger partial charge in [-0.05, 0) is 44.7 Å². The Bertz CT molecular complexity index is 1040. The first-order chi connectivity index (χ1) is 14.7. The minimum atomic E-state index is -1.08. The minimum absolute atomic E-state index is 0.101. The van der Waals surface area contributed by atoms with Crippen molar-refractivity contribution in [3.8, 4) is 16.9 Å². The van der Waals surface area contributed by atoms with Crippen molar-refractivity contribution in [3.63, 3.8) is 0 Å². The van der Waals surface area contributed by atoms with Crippen molar-refractivity contribution in [3.05, 3.63) is 71.7 Å². The van der Waals surface area contributed by atoms with Crippen LogP contribution in [0.25, 0.3) is 16.9 Å². The van der Waals surface area contributed by atoms with Gasteiger partial charge in [0.1, 0.15) is 17.1 Å². The number of carboxylic acid groups (broad SMARTS) is 1. The van der Waals surface area contributed by atoms with Gasteiger partial charge in [-0.15, -0.1) is 0 Å². The zero-order valence-electron chi connectivity index (χ0n) is 18.2. The van der Waals surface area contributed by atoms with Crippen molar-refractivity contribution in [2.75, 3.05) is 0 Å². The fourth-order valence-corrected chi connectivity index (χ4v) is 3.81. The van der Waals surface area contributed by atoms with E-state index in [0.717, 1.165) is 12.8 Å². The number of aliphatic hydroxyl groups is 1. The van der Waals surface area contributed by atoms with E-state index < -0.39 is 17.4 Å². The highest BCUT2D eigenvalue weighted by molar-refractivity contribution is 5.96. The summed E-state index contributed by atoms with van der Waals surface area (Å²) in [6, 6.07) is 15.3. The number of hydrogen-bond acceptors (Lipinski definition) is 3. The van der Waals surface area contributed by atoms with Crippen LogP contribution in [-0.4, -0.2) is 31.6 Å². The van der Waals surface area contributed by atoms with Gasteiger partial charge in [0.05, 0.1) is 17.0 Å². The van der Waals surface area contributed by atoms with Gasteiger partial charge in [-0.1, -0.05) is 62.2 Å². The summed E-state index contributed by atoms with van der Waals surface area (Å²) in [6.45, 7) is 5.60. The molecule has 0 aliphatic heterocycles. The van der Waals surface area contributed by atoms with Crippen LogP contribution in [0.2, 0.25) is 0 Å². The molecule has 1 unspecified atom stereocenters. The number of rotatable bonds is 9. The highest BCUT2D eigenvalue weighted by Gasteiger charge is 2.27. The number of halogens is 1. The first-order valence-electron chi connectivity index (χ1n) is 10.6. The molecule has 6 heteroatoms. The standard InChI is InChI=1S/C25H29FN2O3/c1-17(10-9-15-25(2,3)31)16-20-22(24(29)30)23(18-11-5-4-6-12-18)28(27-20)21-14-8-7-13-19(21)26/h4-8,11-14,17,31H,9-10,15-16H2,1-3H3,(H,29,30). The van der Waals surface area contributed by atoms with Crippen LogP contribution >= 0.6 is 0 Å². The lowest BCUT2D eigenvalue weighted by Crippen LogP contribution is -2.18. The molecular weight excluding hydrogens is 395 g/mol. The third-order valence-corrected chi connectivity index (χ3v) is 5.33. The molecule has 2 aromatic carbocycles. The number of nitrogens with zero attached hydrogens (tertiary/aromatic N) is 2. The Labute approximate surface area is 182 Å². The number of hydrogen-bond donors (Lipinski definition) is 2. The second-order valence-electron chi connectivity index (χ2n) is 8.72. The molecule has 31 heavy (non-hydrogen) atoms. The van der Waals surface area contributed by atoms with Crippen molar-refractivity contribution in [1.29, 1.82) is 0 Å². The molecular formula is C25H29FN2O3. The average molecular weight is 425 g/mol. The molecule has 0 amide bonds. The van der Waals surface area contributed by atoms with Crippen LogP contribution in [0, 0.1) is 11.7 Å². The summed E-state index contributed by atoms with van der Waals surface area (Å²) < 4.78 is 16.0. The Kier molecular flexibility index (Phi) is 6.91. The van der Waals surface area contributed by atoms with Gasteiger partial charge in [0.15, 0.2) is 0 Å². The van der Waals surface area contributed by atoms with E-state index in [-0.39, 0.29) is 17.2 Å². The Hall–Kier alpha value is -2.99. The zero-order valence-corrected chi connectivity index (χ0v) is 18.2. The van der Waals surface area contributed by atoms with Crippen LogP contribution in [0.1, 0.15) is 56.1 Å². The third kappa shape index (κ3) is 5.58. The maximum absolute atomic E-state index is 14.6. The molecule has 1 atom stereocenters. The summed E-state index contributed by atoms with van der Waals surface area (Å²) in [4.78, 5) is 12.3. The number of carboxylic acids is 1. The normalized spacial score (nSPS) is 12.7. The smallest absolute Gasteiger partial charge is 0.339 e. The van der Waals surface area contributed by atoms with Crippen molar-refractivity contribution in [2.24, 2.45) is 5.92 Å². The fraction of sp³-hybridized carbons (Fsp3) is 0.360. The van der Waals surface area contributed by atoms with E-state index in [1.807, 2.05) is 25.1 Å². The first-order valence-corrected chi connectivity index (χ1v) is 10.6. The molecule has 3 aromatic rings. The van der Waals surface area contributed by atoms with Gasteiger partial charge < -0.3 is 10.2 Å². The van der Waals surface area contributed by atoms with Crippen LogP contribution in [-0.2, 0) is 6.42 Å². The average Bonchev–Trinajstić information content (AvgIpc) is 3.07. The molecule has 0 radical (unpaired) electrons. The van der Waals surface area contributed by atoms with Crippen LogP contribution in [0.4, 0.5) is 4.39 Å². The van der Waals surface area contributed by atoms with E-state index in [1.54, 1.807) is 44.2 Å². The molecule has 0 fully saturated rings. The van der Waals surface area contributed by atoms with Gasteiger partial charge in [0.25, 0.3) is 0 Å². The van der Waals surface area contributed by atoms with Gasteiger partial charge in [-0.2, -0.15) is 5.10 Å². The maximum Gasteiger partial charge on any atom is 0.339 e. The summed E-state index contributed by atoms with van der Waals surface area (Å²) in [5, 5.41) is 24.6. The van der Waals surface area contributed by atoms with E-state index in [0.29, 0.717) is 29.8 Å². The van der Waals surface area contributed by atoms with Crippen LogP contribution < -0.4 is 0 Å². The molecule has 0 aliphatic rings. The van der Waals surface area contributed by atoms with E-state index in [1.165, 1.54) is 10.7 Å². The molecule has 0 spiro atoms. The minimum Gasteiger partial charge on any atom is -0.478 e. The number of carbonyl (C=O) groups is 1. The topological polar surface area (TPSA) is 75.4 Å². The molecule has 0 saturated heterocycles. The van der Waals surface area contributed by atoms with E-state index in [9.17, 15) is 19.4 Å². The van der Waals surface area contributed by atoms with Gasteiger partial charge in [-0.25, -0.2) is 13.9 Å². The Morgan fingerprint density at radius 2 is 1.77 bits per heavy atom. The number of para-hydroxylation sites is 1. The molecule has 0 saturated carbocycles. The van der Waals surface area contributed by atoms with Gasteiger partial charge in [0, 0.05) is 5.56 Å². The summed E-state index contributed by atoms with van der Waals surface area (Å²) in [5.74, 6) is -1.39. The predicted octanol–water partition coefficient (Wildman–Crippen LogP) is 5.50. The summed E-state index contributed by atoms with van der Waals surface area (Å²) in [7, 11) is 0. The molecule has 1 heterocycles. The molecule has 2 N–H and O–H groups in total. The predicted molar refractivity (Wildman–Crippen MR) is 119 cm³/mol. The van der Waals surface area contributed by atoms with Crippen LogP contribution in [0.15, 0.2) is 54.6 Å². The SMILES string of the molecule is CC(CCCC(C)(C)O)Cc1nn(-c2ccccc2F)c(-c2ccccc2)c1C(=O)O. The lowest BCUT2D eigenvalue weighted by molar-refractivity contribution is 0.0669. The lowest BCUT2D eigenvalue weighted by atomic mass is 9.93. The molecule has 1 aromatic heterocycles. The van der Waals surface area contributed by atoms with Crippen molar-refractivity contribution >= 4 is 5.97 Å². The Morgan fingerprint density at radius 1 is 1.13 bits per heavy atom. The summed E-state index contributed by atoms with van der Waals surface area (Å²) >= 11 is 0. The van der Waals surface area contributed by atoms with E-state index in [4.69, 9.17) is 0 Å². The van der Waals surface area contributed by atoms with Gasteiger partial charge in [0.2, 0.25) is 0 Å². The zero-order chi connectivity index (χ0) is 22.6. The van der Waals surface area contributed by atoms with Crippen LogP contribution in [0.3, 0.4) is 0 Å². The maximum atomic E-state index is 14.6. The van der Waals surface area contributed by atoms with Crippen molar-refractivity contribution in [2.45, 2.75) is 52.1 Å². The van der Waals surface area contributed by atoms with E-state index >= 15 is 0 Å². The monoisotopic (exact) mass is 424 g/mol. The number of aromatic carboxylic acids is 1. The Morgan fingerprint density at radius 3 is 2.39 bits per heavy atom.